The molecule has 0 atom stereocenters. The summed E-state index contributed by atoms with van der Waals surface area (Å²) in [6.07, 6.45) is 0.817. The van der Waals surface area contributed by atoms with Crippen molar-refractivity contribution in [1.82, 2.24) is 0 Å². The molecule has 0 aliphatic carbocycles. The van der Waals surface area contributed by atoms with E-state index >= 15 is 0 Å². The van der Waals surface area contributed by atoms with Gasteiger partial charge in [0.25, 0.3) is 0 Å². The lowest BCUT2D eigenvalue weighted by Crippen LogP contribution is -2.15. The summed E-state index contributed by atoms with van der Waals surface area (Å²) in [5.41, 5.74) is 0. The van der Waals surface area contributed by atoms with E-state index < -0.39 is 21.4 Å². The summed E-state index contributed by atoms with van der Waals surface area (Å²) in [6.45, 7) is 1.98. The van der Waals surface area contributed by atoms with Crippen molar-refractivity contribution in [2.75, 3.05) is 5.75 Å². The highest BCUT2D eigenvalue weighted by Crippen LogP contribution is 2.26. The Bertz CT molecular complexity index is 779. The van der Waals surface area contributed by atoms with Crippen molar-refractivity contribution in [3.8, 4) is 0 Å². The highest BCUT2D eigenvalue weighted by atomic mass is 35.5. The maximum absolute atomic E-state index is 12.2. The van der Waals surface area contributed by atoms with E-state index in [1.165, 1.54) is 29.5 Å². The minimum atomic E-state index is -3.73. The largest absolute Gasteiger partial charge is 0.292 e. The molecule has 0 fully saturated rings. The van der Waals surface area contributed by atoms with Crippen molar-refractivity contribution in [2.45, 2.75) is 18.2 Å². The van der Waals surface area contributed by atoms with E-state index in [2.05, 4.69) is 0 Å². The Kier molecular flexibility index (Phi) is 5.09. The summed E-state index contributed by atoms with van der Waals surface area (Å²) in [7, 11) is -3.73. The molecule has 112 valence electrons. The normalized spacial score (nSPS) is 11.6. The van der Waals surface area contributed by atoms with Crippen LogP contribution in [0.1, 0.15) is 21.5 Å². The number of hydrogen-bond acceptors (Lipinski definition) is 4. The van der Waals surface area contributed by atoms with Gasteiger partial charge in [0.1, 0.15) is 5.75 Å². The number of hydrogen-bond donors (Lipinski definition) is 0. The van der Waals surface area contributed by atoms with Crippen LogP contribution in [0, 0.1) is 0 Å². The van der Waals surface area contributed by atoms with Gasteiger partial charge in [-0.2, -0.15) is 0 Å². The van der Waals surface area contributed by atoms with Crippen molar-refractivity contribution < 1.29 is 13.2 Å². The first-order valence-corrected chi connectivity index (χ1v) is 9.35. The van der Waals surface area contributed by atoms with Crippen LogP contribution in [-0.4, -0.2) is 20.0 Å². The molecule has 0 spiro atoms. The standard InChI is InChI=1S/C14H12Cl2O3S2/c1-2-9-3-6-14(20-9)13(17)8-21(18,19)10-4-5-11(15)12(16)7-10/h3-7H,2,8H2,1H3. The van der Waals surface area contributed by atoms with Crippen molar-refractivity contribution in [3.05, 3.63) is 50.1 Å². The molecular formula is C14H12Cl2O3S2. The molecule has 0 unspecified atom stereocenters. The third-order valence-corrected chi connectivity index (χ3v) is 6.48. The fourth-order valence-corrected chi connectivity index (χ4v) is 4.29. The van der Waals surface area contributed by atoms with Gasteiger partial charge < -0.3 is 0 Å². The van der Waals surface area contributed by atoms with Gasteiger partial charge in [-0.1, -0.05) is 30.1 Å². The minimum absolute atomic E-state index is 0.00230. The number of carbonyl (C=O) groups is 1. The third kappa shape index (κ3) is 3.86. The van der Waals surface area contributed by atoms with Crippen LogP contribution < -0.4 is 0 Å². The molecule has 2 aromatic rings. The molecule has 1 aromatic heterocycles. The number of aryl methyl sites for hydroxylation is 1. The summed E-state index contributed by atoms with van der Waals surface area (Å²) in [4.78, 5) is 13.6. The van der Waals surface area contributed by atoms with Crippen LogP contribution in [0.3, 0.4) is 0 Å². The van der Waals surface area contributed by atoms with E-state index in [0.717, 1.165) is 11.3 Å². The fraction of sp³-hybridized carbons (Fsp3) is 0.214. The molecule has 0 radical (unpaired) electrons. The van der Waals surface area contributed by atoms with Crippen LogP contribution in [0.25, 0.3) is 0 Å². The molecule has 0 aliphatic heterocycles. The Morgan fingerprint density at radius 3 is 2.43 bits per heavy atom. The number of ketones is 1. The first kappa shape index (κ1) is 16.5. The van der Waals surface area contributed by atoms with Gasteiger partial charge in [0, 0.05) is 4.88 Å². The number of rotatable bonds is 5. The van der Waals surface area contributed by atoms with Gasteiger partial charge in [0.15, 0.2) is 15.6 Å². The quantitative estimate of drug-likeness (QED) is 0.746. The highest BCUT2D eigenvalue weighted by Gasteiger charge is 2.22. The SMILES string of the molecule is CCc1ccc(C(=O)CS(=O)(=O)c2ccc(Cl)c(Cl)c2)s1. The summed E-state index contributed by atoms with van der Waals surface area (Å²) in [6, 6.07) is 7.52. The Morgan fingerprint density at radius 1 is 1.14 bits per heavy atom. The predicted molar refractivity (Wildman–Crippen MR) is 86.5 cm³/mol. The topological polar surface area (TPSA) is 51.2 Å². The zero-order valence-electron chi connectivity index (χ0n) is 11.1. The molecule has 0 amide bonds. The zero-order chi connectivity index (χ0) is 15.6. The minimum Gasteiger partial charge on any atom is -0.292 e. The molecule has 1 aromatic carbocycles. The third-order valence-electron chi connectivity index (χ3n) is 2.86. The molecular weight excluding hydrogens is 351 g/mol. The summed E-state index contributed by atoms with van der Waals surface area (Å²) in [5, 5.41) is 0.419. The molecule has 0 bridgehead atoms. The first-order valence-electron chi connectivity index (χ1n) is 6.13. The smallest absolute Gasteiger partial charge is 0.188 e. The molecule has 0 N–H and O–H groups in total. The van der Waals surface area contributed by atoms with Gasteiger partial charge in [0.2, 0.25) is 0 Å². The molecule has 2 rings (SSSR count). The summed E-state index contributed by atoms with van der Waals surface area (Å²) in [5.74, 6) is -0.986. The number of sulfone groups is 1. The number of carbonyl (C=O) groups excluding carboxylic acids is 1. The van der Waals surface area contributed by atoms with Crippen LogP contribution >= 0.6 is 34.5 Å². The van der Waals surface area contributed by atoms with Gasteiger partial charge in [-0.25, -0.2) is 8.42 Å². The van der Waals surface area contributed by atoms with Gasteiger partial charge in [-0.3, -0.25) is 4.79 Å². The van der Waals surface area contributed by atoms with E-state index in [1.54, 1.807) is 6.07 Å². The highest BCUT2D eigenvalue weighted by molar-refractivity contribution is 7.92. The molecule has 3 nitrogen and oxygen atoms in total. The molecule has 1 heterocycles. The second kappa shape index (κ2) is 6.48. The number of halogens is 2. The van der Waals surface area contributed by atoms with E-state index in [4.69, 9.17) is 23.2 Å². The van der Waals surface area contributed by atoms with Gasteiger partial charge in [-0.05, 0) is 36.8 Å². The van der Waals surface area contributed by atoms with Crippen LogP contribution in [0.2, 0.25) is 10.0 Å². The van der Waals surface area contributed by atoms with Crippen molar-refractivity contribution in [2.24, 2.45) is 0 Å². The lowest BCUT2D eigenvalue weighted by Gasteiger charge is -2.04. The second-order valence-electron chi connectivity index (χ2n) is 4.38. The molecule has 0 aliphatic rings. The van der Waals surface area contributed by atoms with Crippen LogP contribution in [0.5, 0.6) is 0 Å². The molecule has 0 saturated carbocycles. The van der Waals surface area contributed by atoms with Crippen LogP contribution in [0.4, 0.5) is 0 Å². The van der Waals surface area contributed by atoms with Gasteiger partial charge in [-0.15, -0.1) is 11.3 Å². The van der Waals surface area contributed by atoms with E-state index in [9.17, 15) is 13.2 Å². The summed E-state index contributed by atoms with van der Waals surface area (Å²) < 4.78 is 24.5. The average molecular weight is 363 g/mol. The van der Waals surface area contributed by atoms with Gasteiger partial charge >= 0.3 is 0 Å². The number of thiophene rings is 1. The lowest BCUT2D eigenvalue weighted by atomic mass is 10.3. The lowest BCUT2D eigenvalue weighted by molar-refractivity contribution is 0.102. The number of Topliss-reactive ketones (excluding diaryl/α,β-unsaturated/α-hetero) is 1. The number of benzene rings is 1. The fourth-order valence-electron chi connectivity index (χ4n) is 1.72. The molecule has 7 heteroatoms. The Hall–Kier alpha value is -0.880. The van der Waals surface area contributed by atoms with Crippen molar-refractivity contribution in [1.29, 1.82) is 0 Å². The maximum atomic E-state index is 12.2. The van der Waals surface area contributed by atoms with Crippen LogP contribution in [0.15, 0.2) is 35.2 Å². The molecule has 21 heavy (non-hydrogen) atoms. The van der Waals surface area contributed by atoms with Crippen molar-refractivity contribution >= 4 is 50.2 Å². The monoisotopic (exact) mass is 362 g/mol. The Labute approximate surface area is 137 Å². The summed E-state index contributed by atoms with van der Waals surface area (Å²) >= 11 is 12.9. The van der Waals surface area contributed by atoms with E-state index in [0.29, 0.717) is 4.88 Å². The van der Waals surface area contributed by atoms with Gasteiger partial charge in [0.05, 0.1) is 19.8 Å². The first-order chi connectivity index (χ1) is 9.83. The Balaban J connectivity index is 2.24. The Morgan fingerprint density at radius 2 is 1.86 bits per heavy atom. The van der Waals surface area contributed by atoms with Crippen molar-refractivity contribution in [3.63, 3.8) is 0 Å². The average Bonchev–Trinajstić information content (AvgIpc) is 2.90. The van der Waals surface area contributed by atoms with E-state index in [1.807, 2.05) is 13.0 Å². The van der Waals surface area contributed by atoms with Crippen LogP contribution in [-0.2, 0) is 16.3 Å². The molecule has 0 saturated heterocycles. The predicted octanol–water partition coefficient (Wildman–Crippen LogP) is 4.27. The maximum Gasteiger partial charge on any atom is 0.188 e. The zero-order valence-corrected chi connectivity index (χ0v) is 14.2. The van der Waals surface area contributed by atoms with E-state index in [-0.39, 0.29) is 14.9 Å². The second-order valence-corrected chi connectivity index (χ2v) is 8.35.